The summed E-state index contributed by atoms with van der Waals surface area (Å²) in [4.78, 5) is 24.0. The number of nitrogens with zero attached hydrogens (tertiary/aromatic N) is 1. The fourth-order valence-corrected chi connectivity index (χ4v) is 1.94. The number of carboxylic acids is 1. The Morgan fingerprint density at radius 2 is 2.00 bits per heavy atom. The molecular formula is C11H21N3O3. The second-order valence-electron chi connectivity index (χ2n) is 4.34. The van der Waals surface area contributed by atoms with Crippen molar-refractivity contribution in [3.8, 4) is 0 Å². The first-order chi connectivity index (χ1) is 8.09. The Morgan fingerprint density at radius 1 is 1.35 bits per heavy atom. The van der Waals surface area contributed by atoms with Gasteiger partial charge in [-0.3, -0.25) is 4.79 Å². The molecule has 6 nitrogen and oxygen atoms in total. The molecule has 0 radical (unpaired) electrons. The molecular weight excluding hydrogens is 222 g/mol. The SMILES string of the molecule is CC(=O)NC(CNCCN1CCCC1)C(=O)O. The smallest absolute Gasteiger partial charge is 0.327 e. The number of likely N-dealkylation sites (tertiary alicyclic amines) is 1. The first-order valence-electron chi connectivity index (χ1n) is 6.02. The third-order valence-corrected chi connectivity index (χ3v) is 2.83. The van der Waals surface area contributed by atoms with Crippen LogP contribution < -0.4 is 10.6 Å². The number of aliphatic carboxylic acids is 1. The van der Waals surface area contributed by atoms with Crippen molar-refractivity contribution < 1.29 is 14.7 Å². The standard InChI is InChI=1S/C11H21N3O3/c1-9(15)13-10(11(16)17)8-12-4-7-14-5-2-3-6-14/h10,12H,2-8H2,1H3,(H,13,15)(H,16,17). The van der Waals surface area contributed by atoms with Gasteiger partial charge in [-0.15, -0.1) is 0 Å². The van der Waals surface area contributed by atoms with Crippen LogP contribution in [0.1, 0.15) is 19.8 Å². The zero-order chi connectivity index (χ0) is 12.7. The number of rotatable bonds is 7. The first kappa shape index (κ1) is 13.9. The summed E-state index contributed by atoms with van der Waals surface area (Å²) in [5, 5.41) is 14.3. The molecule has 0 aromatic heterocycles. The average molecular weight is 243 g/mol. The summed E-state index contributed by atoms with van der Waals surface area (Å²) in [5.41, 5.74) is 0. The average Bonchev–Trinajstić information content (AvgIpc) is 2.74. The molecule has 1 aliphatic heterocycles. The minimum atomic E-state index is -1.01. The van der Waals surface area contributed by atoms with Crippen molar-refractivity contribution in [3.05, 3.63) is 0 Å². The van der Waals surface area contributed by atoms with Gasteiger partial charge in [-0.05, 0) is 25.9 Å². The predicted octanol–water partition coefficient (Wildman–Crippen LogP) is -0.739. The largest absolute Gasteiger partial charge is 0.480 e. The molecule has 1 amide bonds. The van der Waals surface area contributed by atoms with Gasteiger partial charge >= 0.3 is 5.97 Å². The number of hydrogen-bond acceptors (Lipinski definition) is 4. The fourth-order valence-electron chi connectivity index (χ4n) is 1.94. The van der Waals surface area contributed by atoms with E-state index in [1.54, 1.807) is 0 Å². The lowest BCUT2D eigenvalue weighted by atomic mass is 10.3. The number of nitrogens with one attached hydrogen (secondary N) is 2. The molecule has 6 heteroatoms. The van der Waals surface area contributed by atoms with Gasteiger partial charge in [-0.25, -0.2) is 4.79 Å². The summed E-state index contributed by atoms with van der Waals surface area (Å²) in [6.07, 6.45) is 2.51. The Kier molecular flexibility index (Phi) is 5.93. The molecule has 0 saturated carbocycles. The summed E-state index contributed by atoms with van der Waals surface area (Å²) >= 11 is 0. The number of carbonyl (C=O) groups excluding carboxylic acids is 1. The minimum absolute atomic E-state index is 0.267. The lowest BCUT2D eigenvalue weighted by molar-refractivity contribution is -0.141. The highest BCUT2D eigenvalue weighted by molar-refractivity contribution is 5.82. The predicted molar refractivity (Wildman–Crippen MR) is 63.8 cm³/mol. The number of hydrogen-bond donors (Lipinski definition) is 3. The fraction of sp³-hybridized carbons (Fsp3) is 0.818. The van der Waals surface area contributed by atoms with E-state index >= 15 is 0 Å². The summed E-state index contributed by atoms with van der Waals surface area (Å²) in [6, 6.07) is -0.842. The third-order valence-electron chi connectivity index (χ3n) is 2.83. The molecule has 1 heterocycles. The van der Waals surface area contributed by atoms with Crippen LogP contribution in [-0.2, 0) is 9.59 Å². The van der Waals surface area contributed by atoms with E-state index in [0.29, 0.717) is 0 Å². The van der Waals surface area contributed by atoms with Gasteiger partial charge in [0.2, 0.25) is 5.91 Å². The van der Waals surface area contributed by atoms with E-state index in [-0.39, 0.29) is 12.5 Å². The highest BCUT2D eigenvalue weighted by Gasteiger charge is 2.17. The van der Waals surface area contributed by atoms with Crippen molar-refractivity contribution in [1.29, 1.82) is 0 Å². The molecule has 1 unspecified atom stereocenters. The zero-order valence-corrected chi connectivity index (χ0v) is 10.2. The monoisotopic (exact) mass is 243 g/mol. The molecule has 0 aromatic rings. The Labute approximate surface area is 101 Å². The highest BCUT2D eigenvalue weighted by atomic mass is 16.4. The second-order valence-corrected chi connectivity index (χ2v) is 4.34. The van der Waals surface area contributed by atoms with Gasteiger partial charge in [0.1, 0.15) is 6.04 Å². The topological polar surface area (TPSA) is 81.7 Å². The van der Waals surface area contributed by atoms with Crippen LogP contribution in [0.15, 0.2) is 0 Å². The van der Waals surface area contributed by atoms with Gasteiger partial charge in [-0.2, -0.15) is 0 Å². The van der Waals surface area contributed by atoms with Crippen LogP contribution in [0.5, 0.6) is 0 Å². The van der Waals surface area contributed by atoms with E-state index in [9.17, 15) is 9.59 Å². The lowest BCUT2D eigenvalue weighted by Crippen LogP contribution is -2.47. The van der Waals surface area contributed by atoms with Crippen LogP contribution in [0, 0.1) is 0 Å². The Hall–Kier alpha value is -1.14. The highest BCUT2D eigenvalue weighted by Crippen LogP contribution is 2.05. The van der Waals surface area contributed by atoms with Crippen LogP contribution in [-0.4, -0.2) is 60.6 Å². The van der Waals surface area contributed by atoms with Crippen LogP contribution in [0.25, 0.3) is 0 Å². The van der Waals surface area contributed by atoms with Crippen molar-refractivity contribution in [2.75, 3.05) is 32.7 Å². The number of carbonyl (C=O) groups is 2. The summed E-state index contributed by atoms with van der Waals surface area (Å²) < 4.78 is 0. The van der Waals surface area contributed by atoms with Crippen LogP contribution in [0.4, 0.5) is 0 Å². The van der Waals surface area contributed by atoms with Crippen LogP contribution in [0.2, 0.25) is 0 Å². The van der Waals surface area contributed by atoms with Gasteiger partial charge < -0.3 is 20.6 Å². The lowest BCUT2D eigenvalue weighted by Gasteiger charge is -2.17. The molecule has 0 bridgehead atoms. The molecule has 1 rings (SSSR count). The van der Waals surface area contributed by atoms with Crippen molar-refractivity contribution in [1.82, 2.24) is 15.5 Å². The molecule has 0 aliphatic carbocycles. The van der Waals surface area contributed by atoms with E-state index < -0.39 is 12.0 Å². The summed E-state index contributed by atoms with van der Waals surface area (Å²) in [6.45, 7) is 5.55. The molecule has 17 heavy (non-hydrogen) atoms. The summed E-state index contributed by atoms with van der Waals surface area (Å²) in [5.74, 6) is -1.33. The molecule has 0 aromatic carbocycles. The molecule has 1 atom stereocenters. The molecule has 1 fully saturated rings. The van der Waals surface area contributed by atoms with Crippen LogP contribution in [0.3, 0.4) is 0 Å². The van der Waals surface area contributed by atoms with Gasteiger partial charge in [0.25, 0.3) is 0 Å². The van der Waals surface area contributed by atoms with Gasteiger partial charge in [0.05, 0.1) is 0 Å². The molecule has 1 saturated heterocycles. The van der Waals surface area contributed by atoms with E-state index in [1.807, 2.05) is 0 Å². The van der Waals surface area contributed by atoms with Gasteiger partial charge in [-0.1, -0.05) is 0 Å². The third kappa shape index (κ3) is 5.65. The van der Waals surface area contributed by atoms with Crippen molar-refractivity contribution >= 4 is 11.9 Å². The van der Waals surface area contributed by atoms with E-state index in [1.165, 1.54) is 19.8 Å². The molecule has 0 spiro atoms. The normalized spacial score (nSPS) is 17.9. The van der Waals surface area contributed by atoms with Crippen LogP contribution >= 0.6 is 0 Å². The minimum Gasteiger partial charge on any atom is -0.480 e. The number of carboxylic acid groups (broad SMARTS) is 1. The first-order valence-corrected chi connectivity index (χ1v) is 6.02. The quantitative estimate of drug-likeness (QED) is 0.513. The van der Waals surface area contributed by atoms with E-state index in [0.717, 1.165) is 26.2 Å². The van der Waals surface area contributed by atoms with Crippen molar-refractivity contribution in [2.45, 2.75) is 25.8 Å². The Balaban J connectivity index is 2.13. The zero-order valence-electron chi connectivity index (χ0n) is 10.2. The second kappa shape index (κ2) is 7.24. The summed E-state index contributed by atoms with van der Waals surface area (Å²) in [7, 11) is 0. The van der Waals surface area contributed by atoms with E-state index in [4.69, 9.17) is 5.11 Å². The molecule has 3 N–H and O–H groups in total. The maximum Gasteiger partial charge on any atom is 0.327 e. The Bertz CT molecular complexity index is 265. The Morgan fingerprint density at radius 3 is 2.53 bits per heavy atom. The molecule has 98 valence electrons. The van der Waals surface area contributed by atoms with Crippen molar-refractivity contribution in [2.24, 2.45) is 0 Å². The van der Waals surface area contributed by atoms with Crippen molar-refractivity contribution in [3.63, 3.8) is 0 Å². The maximum atomic E-state index is 10.8. The number of amides is 1. The molecule has 1 aliphatic rings. The van der Waals surface area contributed by atoms with E-state index in [2.05, 4.69) is 15.5 Å². The van der Waals surface area contributed by atoms with Gasteiger partial charge in [0, 0.05) is 26.6 Å². The maximum absolute atomic E-state index is 10.8. The van der Waals surface area contributed by atoms with Gasteiger partial charge in [0.15, 0.2) is 0 Å².